The summed E-state index contributed by atoms with van der Waals surface area (Å²) in [5.41, 5.74) is 2.26. The van der Waals surface area contributed by atoms with E-state index < -0.39 is 28.1 Å². The highest BCUT2D eigenvalue weighted by molar-refractivity contribution is 7.89. The number of nitrogens with one attached hydrogen (secondary N) is 1. The van der Waals surface area contributed by atoms with E-state index in [2.05, 4.69) is 10.5 Å². The van der Waals surface area contributed by atoms with Gasteiger partial charge in [0.2, 0.25) is 15.9 Å². The molecule has 1 fully saturated rings. The third-order valence-electron chi connectivity index (χ3n) is 6.22. The van der Waals surface area contributed by atoms with Crippen molar-refractivity contribution < 1.29 is 32.6 Å². The van der Waals surface area contributed by atoms with Crippen LogP contribution < -0.4 is 14.8 Å². The van der Waals surface area contributed by atoms with Gasteiger partial charge in [0, 0.05) is 13.0 Å². The van der Waals surface area contributed by atoms with Crippen LogP contribution in [0.4, 0.5) is 0 Å². The van der Waals surface area contributed by atoms with Crippen LogP contribution in [0.15, 0.2) is 88.9 Å². The van der Waals surface area contributed by atoms with Crippen LogP contribution in [0.5, 0.6) is 11.5 Å². The van der Waals surface area contributed by atoms with Gasteiger partial charge in [0.05, 0.1) is 24.3 Å². The molecule has 11 heteroatoms. The summed E-state index contributed by atoms with van der Waals surface area (Å²) in [5.74, 6) is 0.659. The quantitative estimate of drug-likeness (QED) is 0.350. The number of carbonyl (C=O) groups is 1. The molecule has 4 rings (SSSR count). The molecular formula is C28H31N3O7S. The Hall–Kier alpha value is -3.93. The number of ether oxygens (including phenoxy) is 2. The summed E-state index contributed by atoms with van der Waals surface area (Å²) >= 11 is 0. The molecule has 1 unspecified atom stereocenters. The van der Waals surface area contributed by atoms with Crippen LogP contribution >= 0.6 is 0 Å². The zero-order chi connectivity index (χ0) is 27.8. The minimum absolute atomic E-state index is 0.0616. The Morgan fingerprint density at radius 3 is 2.28 bits per heavy atom. The zero-order valence-electron chi connectivity index (χ0n) is 21.7. The van der Waals surface area contributed by atoms with Gasteiger partial charge in [-0.3, -0.25) is 4.79 Å². The van der Waals surface area contributed by atoms with Crippen molar-refractivity contribution in [2.24, 2.45) is 5.16 Å². The molecule has 39 heavy (non-hydrogen) atoms. The minimum Gasteiger partial charge on any atom is -0.497 e. The molecule has 0 aliphatic carbocycles. The third kappa shape index (κ3) is 6.94. The normalized spacial score (nSPS) is 17.5. The van der Waals surface area contributed by atoms with E-state index in [4.69, 9.17) is 14.3 Å². The first-order chi connectivity index (χ1) is 18.8. The van der Waals surface area contributed by atoms with Gasteiger partial charge in [0.15, 0.2) is 0 Å². The van der Waals surface area contributed by atoms with Crippen molar-refractivity contribution >= 4 is 21.6 Å². The molecule has 3 aromatic rings. The first kappa shape index (κ1) is 28.1. The summed E-state index contributed by atoms with van der Waals surface area (Å²) in [6.45, 7) is -0.275. The van der Waals surface area contributed by atoms with E-state index in [-0.39, 0.29) is 31.0 Å². The molecule has 1 saturated heterocycles. The molecule has 10 nitrogen and oxygen atoms in total. The molecular weight excluding hydrogens is 522 g/mol. The average Bonchev–Trinajstić information content (AvgIpc) is 3.41. The van der Waals surface area contributed by atoms with Crippen molar-refractivity contribution in [3.63, 3.8) is 0 Å². The lowest BCUT2D eigenvalue weighted by Gasteiger charge is -2.23. The van der Waals surface area contributed by atoms with Crippen molar-refractivity contribution in [3.8, 4) is 22.6 Å². The average molecular weight is 554 g/mol. The van der Waals surface area contributed by atoms with Crippen LogP contribution in [0, 0.1) is 0 Å². The summed E-state index contributed by atoms with van der Waals surface area (Å²) in [7, 11) is -1.11. The smallest absolute Gasteiger partial charge is 0.244 e. The fourth-order valence-electron chi connectivity index (χ4n) is 4.20. The lowest BCUT2D eigenvalue weighted by atomic mass is 10.1. The number of sulfonamides is 1. The highest BCUT2D eigenvalue weighted by atomic mass is 32.2. The fourth-order valence-corrected chi connectivity index (χ4v) is 5.77. The molecule has 1 aliphatic heterocycles. The molecule has 0 aromatic heterocycles. The number of hydrogen-bond donors (Lipinski definition) is 2. The summed E-state index contributed by atoms with van der Waals surface area (Å²) in [6, 6.07) is 21.9. The number of aliphatic hydroxyl groups is 1. The van der Waals surface area contributed by atoms with Gasteiger partial charge in [-0.25, -0.2) is 8.42 Å². The lowest BCUT2D eigenvalue weighted by molar-refractivity contribution is -0.124. The second-order valence-corrected chi connectivity index (χ2v) is 10.8. The van der Waals surface area contributed by atoms with Gasteiger partial charge in [-0.05, 0) is 47.5 Å². The molecule has 0 bridgehead atoms. The Morgan fingerprint density at radius 2 is 1.64 bits per heavy atom. The van der Waals surface area contributed by atoms with Gasteiger partial charge in [0.1, 0.15) is 37.4 Å². The van der Waals surface area contributed by atoms with E-state index >= 15 is 0 Å². The van der Waals surface area contributed by atoms with Crippen molar-refractivity contribution in [3.05, 3.63) is 78.9 Å². The number of methoxy groups -OCH3 is 1. The number of aliphatic hydroxyl groups excluding tert-OH is 1. The summed E-state index contributed by atoms with van der Waals surface area (Å²) < 4.78 is 38.9. The molecule has 0 saturated carbocycles. The molecule has 1 heterocycles. The molecule has 1 aliphatic rings. The number of hydrogen-bond acceptors (Lipinski definition) is 8. The maximum Gasteiger partial charge on any atom is 0.244 e. The maximum absolute atomic E-state index is 13.6. The number of oxime groups is 1. The molecule has 0 spiro atoms. The first-order valence-corrected chi connectivity index (χ1v) is 13.7. The molecule has 1 amide bonds. The van der Waals surface area contributed by atoms with Crippen LogP contribution in [0.1, 0.15) is 6.42 Å². The van der Waals surface area contributed by atoms with Crippen LogP contribution in [0.25, 0.3) is 11.1 Å². The van der Waals surface area contributed by atoms with Gasteiger partial charge < -0.3 is 24.7 Å². The number of amides is 1. The molecule has 3 aromatic carbocycles. The van der Waals surface area contributed by atoms with Crippen molar-refractivity contribution in [1.82, 2.24) is 9.62 Å². The first-order valence-electron chi connectivity index (χ1n) is 12.3. The Kier molecular flexibility index (Phi) is 9.18. The Labute approximate surface area is 227 Å². The molecule has 0 radical (unpaired) electrons. The van der Waals surface area contributed by atoms with Gasteiger partial charge >= 0.3 is 0 Å². The predicted octanol–water partition coefficient (Wildman–Crippen LogP) is 2.68. The zero-order valence-corrected chi connectivity index (χ0v) is 22.5. The van der Waals surface area contributed by atoms with Crippen LogP contribution in [-0.4, -0.2) is 75.5 Å². The molecule has 2 N–H and O–H groups in total. The summed E-state index contributed by atoms with van der Waals surface area (Å²) in [5, 5.41) is 16.8. The van der Waals surface area contributed by atoms with Gasteiger partial charge in [-0.1, -0.05) is 47.6 Å². The highest BCUT2D eigenvalue weighted by Gasteiger charge is 2.42. The Morgan fingerprint density at radius 1 is 1.00 bits per heavy atom. The predicted molar refractivity (Wildman–Crippen MR) is 146 cm³/mol. The highest BCUT2D eigenvalue weighted by Crippen LogP contribution is 2.28. The summed E-state index contributed by atoms with van der Waals surface area (Å²) in [4.78, 5) is 18.0. The van der Waals surface area contributed by atoms with Gasteiger partial charge in [0.25, 0.3) is 0 Å². The third-order valence-corrected chi connectivity index (χ3v) is 8.09. The largest absolute Gasteiger partial charge is 0.497 e. The number of nitrogens with zero attached hydrogens (tertiary/aromatic N) is 2. The monoisotopic (exact) mass is 553 g/mol. The number of carbonyl (C=O) groups excluding carboxylic acids is 1. The van der Waals surface area contributed by atoms with E-state index in [0.717, 1.165) is 15.4 Å². The molecule has 206 valence electrons. The SMILES string of the molecule is CO/N=C1/C[C@@H](C(=O)NCC(O)COc2ccc(OC)cc2)N(S(=O)(=O)c2ccc(-c3ccccc3)cc2)C1. The standard InChI is InChI=1S/C28H31N3O7S/c1-36-24-10-12-25(13-11-24)38-19-23(32)17-29-28(33)27-16-22(30-37-2)18-31(27)39(34,35)26-14-8-21(9-15-26)20-6-4-3-5-7-20/h3-15,23,27,32H,16-19H2,1-2H3,(H,29,33)/b30-22-/t23?,27-/m0/s1. The summed E-state index contributed by atoms with van der Waals surface area (Å²) in [6.07, 6.45) is -0.945. The lowest BCUT2D eigenvalue weighted by Crippen LogP contribution is -2.48. The number of benzene rings is 3. The van der Waals surface area contributed by atoms with Crippen molar-refractivity contribution in [2.45, 2.75) is 23.5 Å². The number of rotatable bonds is 11. The van der Waals surface area contributed by atoms with Crippen molar-refractivity contribution in [1.29, 1.82) is 0 Å². The second-order valence-electron chi connectivity index (χ2n) is 8.89. The van der Waals surface area contributed by atoms with Crippen LogP contribution in [0.3, 0.4) is 0 Å². The minimum atomic E-state index is -4.03. The second kappa shape index (κ2) is 12.7. The van der Waals surface area contributed by atoms with E-state index in [1.54, 1.807) is 43.5 Å². The van der Waals surface area contributed by atoms with Crippen molar-refractivity contribution in [2.75, 3.05) is 33.9 Å². The van der Waals surface area contributed by atoms with Gasteiger partial charge in [-0.2, -0.15) is 4.31 Å². The Balaban J connectivity index is 1.41. The fraction of sp³-hybridized carbons (Fsp3) is 0.286. The van der Waals surface area contributed by atoms with Crippen LogP contribution in [-0.2, 0) is 19.7 Å². The maximum atomic E-state index is 13.6. The van der Waals surface area contributed by atoms with E-state index in [9.17, 15) is 18.3 Å². The Bertz CT molecular complexity index is 1380. The topological polar surface area (TPSA) is 127 Å². The van der Waals surface area contributed by atoms with E-state index in [1.165, 1.54) is 19.2 Å². The molecule has 2 atom stereocenters. The van der Waals surface area contributed by atoms with E-state index in [0.29, 0.717) is 17.2 Å². The van der Waals surface area contributed by atoms with Crippen LogP contribution in [0.2, 0.25) is 0 Å². The van der Waals surface area contributed by atoms with Gasteiger partial charge in [-0.15, -0.1) is 0 Å². The van der Waals surface area contributed by atoms with E-state index in [1.807, 2.05) is 30.3 Å².